The number of hydrogen-bond donors (Lipinski definition) is 2. The predicted octanol–water partition coefficient (Wildman–Crippen LogP) is 2.44. The van der Waals surface area contributed by atoms with Gasteiger partial charge in [0.2, 0.25) is 15.9 Å². The van der Waals surface area contributed by atoms with Crippen LogP contribution in [0.25, 0.3) is 0 Å². The van der Waals surface area contributed by atoms with Crippen LogP contribution in [0.5, 0.6) is 0 Å². The number of nitrogens with one attached hydrogen (secondary N) is 1. The second kappa shape index (κ2) is 9.69. The van der Waals surface area contributed by atoms with E-state index in [-0.39, 0.29) is 41.2 Å². The molecule has 1 fully saturated rings. The van der Waals surface area contributed by atoms with Crippen molar-refractivity contribution in [3.8, 4) is 0 Å². The maximum atomic E-state index is 12.5. The third-order valence-corrected chi connectivity index (χ3v) is 6.99. The first-order valence-corrected chi connectivity index (χ1v) is 10.4. The molecule has 6 nitrogen and oxygen atoms in total. The van der Waals surface area contributed by atoms with Crippen LogP contribution in [-0.4, -0.2) is 37.8 Å². The van der Waals surface area contributed by atoms with Crippen LogP contribution in [0, 0.1) is 5.92 Å². The standard InChI is InChI=1S/C18H29N3O3S.ClH/c1-4-21(5-2)25(23,24)17-10-7-14(8-11-17)13(3)20-18(22)15-6-9-16(19)12-15;/h7-8,10-11,13,15-16H,4-6,9,12,19H2,1-3H3,(H,20,22);1H. The van der Waals surface area contributed by atoms with Crippen LogP contribution in [0.4, 0.5) is 0 Å². The first-order valence-electron chi connectivity index (χ1n) is 8.95. The molecule has 1 aromatic rings. The van der Waals surface area contributed by atoms with E-state index >= 15 is 0 Å². The van der Waals surface area contributed by atoms with E-state index in [2.05, 4.69) is 5.32 Å². The molecule has 1 saturated carbocycles. The molecule has 1 aromatic carbocycles. The molecule has 0 bridgehead atoms. The van der Waals surface area contributed by atoms with Crippen LogP contribution in [-0.2, 0) is 14.8 Å². The molecule has 3 atom stereocenters. The Morgan fingerprint density at radius 3 is 2.27 bits per heavy atom. The quantitative estimate of drug-likeness (QED) is 0.731. The van der Waals surface area contributed by atoms with Crippen molar-refractivity contribution in [1.29, 1.82) is 0 Å². The summed E-state index contributed by atoms with van der Waals surface area (Å²) in [5.41, 5.74) is 6.75. The number of amides is 1. The molecule has 2 rings (SSSR count). The van der Waals surface area contributed by atoms with Crippen LogP contribution >= 0.6 is 12.4 Å². The SMILES string of the molecule is CCN(CC)S(=O)(=O)c1ccc(C(C)NC(=O)C2CCC(N)C2)cc1.Cl. The molecule has 3 N–H and O–H groups in total. The van der Waals surface area contributed by atoms with E-state index in [1.165, 1.54) is 4.31 Å². The fourth-order valence-corrected chi connectivity index (χ4v) is 4.77. The minimum Gasteiger partial charge on any atom is -0.349 e. The van der Waals surface area contributed by atoms with E-state index in [9.17, 15) is 13.2 Å². The van der Waals surface area contributed by atoms with Crippen LogP contribution in [0.2, 0.25) is 0 Å². The van der Waals surface area contributed by atoms with Gasteiger partial charge < -0.3 is 11.1 Å². The Kier molecular flexibility index (Phi) is 8.53. The summed E-state index contributed by atoms with van der Waals surface area (Å²) < 4.78 is 26.4. The van der Waals surface area contributed by atoms with Crippen molar-refractivity contribution in [1.82, 2.24) is 9.62 Å². The molecule has 0 saturated heterocycles. The minimum atomic E-state index is -3.45. The molecule has 26 heavy (non-hydrogen) atoms. The summed E-state index contributed by atoms with van der Waals surface area (Å²) >= 11 is 0. The number of carbonyl (C=O) groups excluding carboxylic acids is 1. The smallest absolute Gasteiger partial charge is 0.243 e. The van der Waals surface area contributed by atoms with Gasteiger partial charge in [-0.15, -0.1) is 12.4 Å². The van der Waals surface area contributed by atoms with Gasteiger partial charge in [-0.25, -0.2) is 8.42 Å². The maximum absolute atomic E-state index is 12.5. The summed E-state index contributed by atoms with van der Waals surface area (Å²) in [5.74, 6) is 0.0139. The Balaban J connectivity index is 0.00000338. The highest BCUT2D eigenvalue weighted by molar-refractivity contribution is 7.89. The van der Waals surface area contributed by atoms with Gasteiger partial charge in [-0.3, -0.25) is 4.79 Å². The summed E-state index contributed by atoms with van der Waals surface area (Å²) in [6.07, 6.45) is 2.46. The average Bonchev–Trinajstić information content (AvgIpc) is 3.02. The number of halogens is 1. The van der Waals surface area contributed by atoms with Gasteiger partial charge in [0.1, 0.15) is 0 Å². The lowest BCUT2D eigenvalue weighted by Crippen LogP contribution is -2.32. The van der Waals surface area contributed by atoms with Crippen molar-refractivity contribution in [3.05, 3.63) is 29.8 Å². The summed E-state index contributed by atoms with van der Waals surface area (Å²) in [4.78, 5) is 12.6. The molecule has 0 radical (unpaired) electrons. The Morgan fingerprint density at radius 2 is 1.81 bits per heavy atom. The van der Waals surface area contributed by atoms with Crippen molar-refractivity contribution in [3.63, 3.8) is 0 Å². The molecule has 0 aromatic heterocycles. The first kappa shape index (κ1) is 22.9. The Bertz CT molecular complexity index is 690. The zero-order valence-corrected chi connectivity index (χ0v) is 17.3. The number of rotatable bonds is 7. The van der Waals surface area contributed by atoms with Crippen molar-refractivity contribution in [2.24, 2.45) is 11.7 Å². The van der Waals surface area contributed by atoms with Gasteiger partial charge in [0.25, 0.3) is 0 Å². The second-order valence-corrected chi connectivity index (χ2v) is 8.60. The largest absolute Gasteiger partial charge is 0.349 e. The number of sulfonamides is 1. The number of nitrogens with two attached hydrogens (primary N) is 1. The fraction of sp³-hybridized carbons (Fsp3) is 0.611. The van der Waals surface area contributed by atoms with Gasteiger partial charge >= 0.3 is 0 Å². The van der Waals surface area contributed by atoms with Gasteiger partial charge in [0.15, 0.2) is 0 Å². The topological polar surface area (TPSA) is 92.5 Å². The number of hydrogen-bond acceptors (Lipinski definition) is 4. The Labute approximate surface area is 163 Å². The van der Waals surface area contributed by atoms with Crippen molar-refractivity contribution in [2.75, 3.05) is 13.1 Å². The van der Waals surface area contributed by atoms with Gasteiger partial charge in [-0.05, 0) is 43.9 Å². The molecule has 1 aliphatic carbocycles. The fourth-order valence-electron chi connectivity index (χ4n) is 3.31. The summed E-state index contributed by atoms with van der Waals surface area (Å²) in [6.45, 7) is 6.43. The van der Waals surface area contributed by atoms with E-state index in [0.717, 1.165) is 24.8 Å². The van der Waals surface area contributed by atoms with E-state index in [1.807, 2.05) is 20.8 Å². The van der Waals surface area contributed by atoms with Crippen molar-refractivity contribution < 1.29 is 13.2 Å². The average molecular weight is 404 g/mol. The molecular formula is C18H30ClN3O3S. The van der Waals surface area contributed by atoms with Crippen LogP contribution in [0.15, 0.2) is 29.2 Å². The highest BCUT2D eigenvalue weighted by Crippen LogP contribution is 2.25. The third kappa shape index (κ3) is 5.19. The summed E-state index contributed by atoms with van der Waals surface area (Å²) in [5, 5.41) is 3.01. The van der Waals surface area contributed by atoms with Gasteiger partial charge in [-0.2, -0.15) is 4.31 Å². The number of carbonyl (C=O) groups is 1. The Morgan fingerprint density at radius 1 is 1.23 bits per heavy atom. The lowest BCUT2D eigenvalue weighted by atomic mass is 10.0. The second-order valence-electron chi connectivity index (χ2n) is 6.66. The number of benzene rings is 1. The first-order chi connectivity index (χ1) is 11.8. The Hall–Kier alpha value is -1.15. The lowest BCUT2D eigenvalue weighted by molar-refractivity contribution is -0.125. The zero-order valence-electron chi connectivity index (χ0n) is 15.6. The van der Waals surface area contributed by atoms with Gasteiger partial charge in [0, 0.05) is 25.0 Å². The molecular weight excluding hydrogens is 374 g/mol. The maximum Gasteiger partial charge on any atom is 0.243 e. The zero-order chi connectivity index (χ0) is 18.6. The lowest BCUT2D eigenvalue weighted by Gasteiger charge is -2.20. The van der Waals surface area contributed by atoms with Gasteiger partial charge in [-0.1, -0.05) is 26.0 Å². The molecule has 0 spiro atoms. The molecule has 0 heterocycles. The van der Waals surface area contributed by atoms with E-state index < -0.39 is 10.0 Å². The van der Waals surface area contributed by atoms with E-state index in [4.69, 9.17) is 5.73 Å². The van der Waals surface area contributed by atoms with E-state index in [0.29, 0.717) is 13.1 Å². The molecule has 0 aliphatic heterocycles. The van der Waals surface area contributed by atoms with Crippen LogP contribution in [0.1, 0.15) is 51.6 Å². The highest BCUT2D eigenvalue weighted by Gasteiger charge is 2.28. The van der Waals surface area contributed by atoms with Gasteiger partial charge in [0.05, 0.1) is 10.9 Å². The summed E-state index contributed by atoms with van der Waals surface area (Å²) in [6, 6.07) is 6.70. The normalized spacial score (nSPS) is 21.3. The summed E-state index contributed by atoms with van der Waals surface area (Å²) in [7, 11) is -3.45. The molecule has 1 aliphatic rings. The molecule has 1 amide bonds. The highest BCUT2D eigenvalue weighted by atomic mass is 35.5. The third-order valence-electron chi connectivity index (χ3n) is 4.93. The minimum absolute atomic E-state index is 0. The van der Waals surface area contributed by atoms with Crippen LogP contribution in [0.3, 0.4) is 0 Å². The predicted molar refractivity (Wildman–Crippen MR) is 106 cm³/mol. The van der Waals surface area contributed by atoms with Crippen molar-refractivity contribution in [2.45, 2.75) is 57.0 Å². The van der Waals surface area contributed by atoms with Crippen LogP contribution < -0.4 is 11.1 Å². The van der Waals surface area contributed by atoms with Crippen molar-refractivity contribution >= 4 is 28.3 Å². The molecule has 148 valence electrons. The van der Waals surface area contributed by atoms with E-state index in [1.54, 1.807) is 24.3 Å². The molecule has 8 heteroatoms. The molecule has 3 unspecified atom stereocenters. The monoisotopic (exact) mass is 403 g/mol. The number of nitrogens with zero attached hydrogens (tertiary/aromatic N) is 1.